The zero-order chi connectivity index (χ0) is 26.5. The van der Waals surface area contributed by atoms with Gasteiger partial charge in [0.25, 0.3) is 0 Å². The van der Waals surface area contributed by atoms with Gasteiger partial charge in [0.2, 0.25) is 0 Å². The number of halogens is 18. The number of rotatable bonds is 5. The molecule has 0 N–H and O–H groups in total. The third-order valence-corrected chi connectivity index (χ3v) is 2.68. The summed E-state index contributed by atoms with van der Waals surface area (Å²) < 4.78 is 255. The van der Waals surface area contributed by atoms with Crippen molar-refractivity contribution in [1.29, 1.82) is 0 Å². The van der Waals surface area contributed by atoms with Crippen LogP contribution in [0.15, 0.2) is 0 Å². The van der Waals surface area contributed by atoms with Gasteiger partial charge in [0, 0.05) is 10.4 Å². The first kappa shape index (κ1) is 36.8. The van der Waals surface area contributed by atoms with Crippen molar-refractivity contribution in [3.8, 4) is 0 Å². The molecule has 0 saturated heterocycles. The fourth-order valence-electron chi connectivity index (χ4n) is 1.14. The fourth-order valence-corrected chi connectivity index (χ4v) is 1.14. The number of hydrogen-bond donors (Lipinski definition) is 0. The summed E-state index contributed by atoms with van der Waals surface area (Å²) in [6, 6.07) is 0. The van der Waals surface area contributed by atoms with Gasteiger partial charge in [0.15, 0.2) is 0 Å². The molecular weight excluding hydrogens is 573 g/mol. The van der Waals surface area contributed by atoms with Crippen molar-refractivity contribution in [2.45, 2.75) is 47.9 Å². The molecule has 0 atom stereocenters. The molecule has 0 aromatic carbocycles. The Morgan fingerprint density at radius 3 is 0.562 bits per heavy atom. The van der Waals surface area contributed by atoms with Crippen molar-refractivity contribution in [3.63, 3.8) is 0 Å². The van der Waals surface area contributed by atoms with Crippen LogP contribution < -0.4 is 51.4 Å². The SMILES string of the molecule is FC(F)(F)C(F)(F)C(F)(F)C(F)(F)C(F)(F)C(F)(F)C(F)(F)C(F)(F)F.O=S(=O)([O-])[O-].[K+]. The first-order chi connectivity index (χ1) is 12.8. The van der Waals surface area contributed by atoms with E-state index in [0.29, 0.717) is 0 Å². The Hall–Kier alpha value is 0.246. The largest absolute Gasteiger partial charge is 1.00 e. The van der Waals surface area contributed by atoms with Crippen molar-refractivity contribution in [2.24, 2.45) is 0 Å². The second-order valence-electron chi connectivity index (χ2n) is 4.85. The third kappa shape index (κ3) is 6.47. The van der Waals surface area contributed by atoms with Gasteiger partial charge in [-0.1, -0.05) is 0 Å². The van der Waals surface area contributed by atoms with Crippen LogP contribution in [0.25, 0.3) is 0 Å². The van der Waals surface area contributed by atoms with E-state index in [0.717, 1.165) is 0 Å². The first-order valence-electron chi connectivity index (χ1n) is 5.82. The fraction of sp³-hybridized carbons (Fsp3) is 1.00. The van der Waals surface area contributed by atoms with Crippen molar-refractivity contribution < 1.29 is 148 Å². The van der Waals surface area contributed by atoms with Gasteiger partial charge in [-0.15, -0.1) is 0 Å². The van der Waals surface area contributed by atoms with Crippen LogP contribution in [0.4, 0.5) is 79.0 Å². The molecule has 24 heteroatoms. The Morgan fingerprint density at radius 1 is 0.375 bits per heavy atom. The Bertz CT molecular complexity index is 681. The molecule has 0 bridgehead atoms. The molecule has 0 saturated carbocycles. The van der Waals surface area contributed by atoms with Crippen LogP contribution in [0.5, 0.6) is 0 Å². The normalized spacial score (nSPS) is 15.5. The van der Waals surface area contributed by atoms with Gasteiger partial charge >= 0.3 is 99.3 Å². The number of alkyl halides is 18. The maximum atomic E-state index is 12.8. The molecule has 190 valence electrons. The van der Waals surface area contributed by atoms with Crippen LogP contribution in [0.1, 0.15) is 0 Å². The van der Waals surface area contributed by atoms with Crippen LogP contribution >= 0.6 is 0 Å². The molecule has 0 aliphatic rings. The molecule has 0 spiro atoms. The van der Waals surface area contributed by atoms with Crippen molar-refractivity contribution in [1.82, 2.24) is 0 Å². The van der Waals surface area contributed by atoms with E-state index >= 15 is 0 Å². The van der Waals surface area contributed by atoms with Gasteiger partial charge in [0.1, 0.15) is 0 Å². The molecule has 0 aliphatic heterocycles. The van der Waals surface area contributed by atoms with E-state index in [4.69, 9.17) is 17.5 Å². The van der Waals surface area contributed by atoms with Crippen LogP contribution in [-0.2, 0) is 10.4 Å². The summed E-state index contributed by atoms with van der Waals surface area (Å²) in [4.78, 5) is 0. The summed E-state index contributed by atoms with van der Waals surface area (Å²) in [5, 5.41) is 0. The molecule has 4 nitrogen and oxygen atoms in total. The van der Waals surface area contributed by atoms with Gasteiger partial charge in [-0.05, 0) is 0 Å². The third-order valence-electron chi connectivity index (χ3n) is 2.68. The summed E-state index contributed by atoms with van der Waals surface area (Å²) in [5.41, 5.74) is 0. The van der Waals surface area contributed by atoms with E-state index in [1.165, 1.54) is 0 Å². The molecule has 0 fully saturated rings. The summed E-state index contributed by atoms with van der Waals surface area (Å²) >= 11 is 0. The van der Waals surface area contributed by atoms with E-state index < -0.39 is 58.3 Å². The standard InChI is InChI=1S/C8F18.K.H2O4S/c9-1(10,3(13,14)5(17,18)7(21,22)23)2(11,12)4(15,16)6(19,20)8(24,25)26;;1-5(2,3)4/h;;(H2,1,2,3,4)/q;+1;/p-2. The van der Waals surface area contributed by atoms with Crippen LogP contribution in [-0.4, -0.2) is 65.4 Å². The van der Waals surface area contributed by atoms with Crippen molar-refractivity contribution in [2.75, 3.05) is 0 Å². The Kier molecular flexibility index (Phi) is 11.2. The zero-order valence-corrected chi connectivity index (χ0v) is 17.8. The van der Waals surface area contributed by atoms with E-state index in [9.17, 15) is 79.0 Å². The molecule has 0 aliphatic carbocycles. The average molecular weight is 573 g/mol. The van der Waals surface area contributed by atoms with Gasteiger partial charge in [-0.25, -0.2) is 0 Å². The number of hydrogen-bond acceptors (Lipinski definition) is 4. The molecule has 0 aromatic rings. The Morgan fingerprint density at radius 2 is 0.469 bits per heavy atom. The summed E-state index contributed by atoms with van der Waals surface area (Å²) in [6.45, 7) is 0. The van der Waals surface area contributed by atoms with Crippen LogP contribution in [0, 0.1) is 0 Å². The molecular formula is C8F18KO4S-. The smallest absolute Gasteiger partial charge is 0.759 e. The maximum Gasteiger partial charge on any atom is 1.00 e. The molecule has 0 aromatic heterocycles. The average Bonchev–Trinajstić information content (AvgIpc) is 2.41. The van der Waals surface area contributed by atoms with Gasteiger partial charge in [-0.3, -0.25) is 8.42 Å². The van der Waals surface area contributed by atoms with E-state index in [-0.39, 0.29) is 51.4 Å². The second kappa shape index (κ2) is 9.71. The molecule has 0 amide bonds. The Labute approximate surface area is 205 Å². The quantitative estimate of drug-likeness (QED) is 0.217. The molecule has 32 heavy (non-hydrogen) atoms. The van der Waals surface area contributed by atoms with E-state index in [2.05, 4.69) is 0 Å². The molecule has 0 rings (SSSR count). The topological polar surface area (TPSA) is 80.3 Å². The van der Waals surface area contributed by atoms with Gasteiger partial charge in [-0.2, -0.15) is 79.0 Å². The minimum atomic E-state index is -8.72. The zero-order valence-electron chi connectivity index (χ0n) is 13.8. The summed E-state index contributed by atoms with van der Waals surface area (Å²) in [6.07, 6.45) is -15.6. The Balaban J connectivity index is -0.00000125. The van der Waals surface area contributed by atoms with Crippen molar-refractivity contribution >= 4 is 10.4 Å². The van der Waals surface area contributed by atoms with Crippen LogP contribution in [0.3, 0.4) is 0 Å². The molecule has 0 radical (unpaired) electrons. The second-order valence-corrected chi connectivity index (χ2v) is 5.67. The van der Waals surface area contributed by atoms with Gasteiger partial charge in [0.05, 0.1) is 0 Å². The molecule has 0 heterocycles. The monoisotopic (exact) mass is 573 g/mol. The predicted octanol–water partition coefficient (Wildman–Crippen LogP) is 1.59. The van der Waals surface area contributed by atoms with Crippen molar-refractivity contribution in [3.05, 3.63) is 0 Å². The minimum absolute atomic E-state index is 0. The van der Waals surface area contributed by atoms with Gasteiger partial charge < -0.3 is 9.11 Å². The summed E-state index contributed by atoms with van der Waals surface area (Å²) in [5.74, 6) is -51.0. The molecule has 0 unspecified atom stereocenters. The predicted molar refractivity (Wildman–Crippen MR) is 52.3 cm³/mol. The van der Waals surface area contributed by atoms with Crippen LogP contribution in [0.2, 0.25) is 0 Å². The van der Waals surface area contributed by atoms with E-state index in [1.54, 1.807) is 0 Å². The first-order valence-corrected chi connectivity index (χ1v) is 7.15. The summed E-state index contributed by atoms with van der Waals surface area (Å²) in [7, 11) is -5.17. The van der Waals surface area contributed by atoms with E-state index in [1.807, 2.05) is 0 Å². The minimum Gasteiger partial charge on any atom is -0.759 e. The maximum absolute atomic E-state index is 12.8.